The highest BCUT2D eigenvalue weighted by atomic mass is 15.1. The van der Waals surface area contributed by atoms with Crippen LogP contribution < -0.4 is 5.73 Å². The number of nitrogens with zero attached hydrogens (tertiary/aromatic N) is 1. The van der Waals surface area contributed by atoms with Crippen molar-refractivity contribution in [2.45, 2.75) is 19.8 Å². The van der Waals surface area contributed by atoms with Gasteiger partial charge in [-0.25, -0.2) is 0 Å². The van der Waals surface area contributed by atoms with Crippen molar-refractivity contribution in [3.8, 4) is 0 Å². The Kier molecular flexibility index (Phi) is 3.09. The maximum Gasteiger partial charge on any atom is 0.0526 e. The molecule has 0 aliphatic rings. The van der Waals surface area contributed by atoms with Gasteiger partial charge in [0.05, 0.1) is 6.20 Å². The lowest BCUT2D eigenvalue weighted by molar-refractivity contribution is 0.888. The van der Waals surface area contributed by atoms with E-state index in [1.807, 2.05) is 6.20 Å². The fourth-order valence-corrected chi connectivity index (χ4v) is 2.45. The summed E-state index contributed by atoms with van der Waals surface area (Å²) in [6.07, 6.45) is 3.59. The fourth-order valence-electron chi connectivity index (χ4n) is 2.45. The fraction of sp³-hybridized carbons (Fsp3) is 0.267. The average Bonchev–Trinajstić information content (AvgIpc) is 2.97. The van der Waals surface area contributed by atoms with E-state index in [1.165, 1.54) is 27.7 Å². The highest BCUT2D eigenvalue weighted by Crippen LogP contribution is 2.19. The minimum atomic E-state index is 0.640. The van der Waals surface area contributed by atoms with Crippen LogP contribution in [0, 0.1) is 6.92 Å². The van der Waals surface area contributed by atoms with E-state index < -0.39 is 0 Å². The number of hydrogen-bond donors (Lipinski definition) is 3. The molecule has 0 radical (unpaired) electrons. The van der Waals surface area contributed by atoms with Crippen LogP contribution in [0.3, 0.4) is 0 Å². The normalized spacial score (nSPS) is 11.3. The first-order valence-corrected chi connectivity index (χ1v) is 6.55. The molecule has 1 aromatic carbocycles. The van der Waals surface area contributed by atoms with E-state index in [9.17, 15) is 0 Å². The van der Waals surface area contributed by atoms with Crippen molar-refractivity contribution in [3.05, 3.63) is 53.0 Å². The van der Waals surface area contributed by atoms with Crippen molar-refractivity contribution in [2.75, 3.05) is 6.54 Å². The van der Waals surface area contributed by atoms with Crippen LogP contribution in [-0.4, -0.2) is 21.7 Å². The molecule has 0 fully saturated rings. The van der Waals surface area contributed by atoms with E-state index in [4.69, 9.17) is 5.73 Å². The second kappa shape index (κ2) is 4.90. The van der Waals surface area contributed by atoms with Gasteiger partial charge in [0.25, 0.3) is 0 Å². The topological polar surface area (TPSA) is 70.5 Å². The lowest BCUT2D eigenvalue weighted by atomic mass is 10.1. The lowest BCUT2D eigenvalue weighted by Gasteiger charge is -1.99. The van der Waals surface area contributed by atoms with Crippen molar-refractivity contribution >= 4 is 10.9 Å². The SMILES string of the molecule is Cc1ccc2cc(Cc3cn[nH]c3CCN)[nH]c2c1. The Morgan fingerprint density at radius 3 is 3.00 bits per heavy atom. The molecule has 4 nitrogen and oxygen atoms in total. The van der Waals surface area contributed by atoms with Gasteiger partial charge in [0, 0.05) is 29.7 Å². The maximum absolute atomic E-state index is 5.60. The summed E-state index contributed by atoms with van der Waals surface area (Å²) < 4.78 is 0. The molecule has 19 heavy (non-hydrogen) atoms. The third kappa shape index (κ3) is 2.39. The Morgan fingerprint density at radius 2 is 2.16 bits per heavy atom. The van der Waals surface area contributed by atoms with Crippen LogP contribution in [-0.2, 0) is 12.8 Å². The number of H-pyrrole nitrogens is 2. The standard InChI is InChI=1S/C15H18N4/c1-10-2-3-11-7-13(18-15(11)6-10)8-12-9-17-19-14(12)4-5-16/h2-3,6-7,9,18H,4-5,8,16H2,1H3,(H,17,19). The summed E-state index contributed by atoms with van der Waals surface area (Å²) in [5.74, 6) is 0. The van der Waals surface area contributed by atoms with E-state index in [0.29, 0.717) is 6.54 Å². The predicted octanol–water partition coefficient (Wildman–Crippen LogP) is 2.29. The van der Waals surface area contributed by atoms with Gasteiger partial charge in [0.15, 0.2) is 0 Å². The molecule has 0 atom stereocenters. The summed E-state index contributed by atoms with van der Waals surface area (Å²) in [6, 6.07) is 8.67. The zero-order valence-corrected chi connectivity index (χ0v) is 11.0. The highest BCUT2D eigenvalue weighted by Gasteiger charge is 2.07. The van der Waals surface area contributed by atoms with Gasteiger partial charge in [-0.05, 0) is 42.1 Å². The molecule has 98 valence electrons. The van der Waals surface area contributed by atoms with E-state index in [2.05, 4.69) is 46.4 Å². The number of nitrogens with two attached hydrogens (primary N) is 1. The van der Waals surface area contributed by atoms with Crippen molar-refractivity contribution in [2.24, 2.45) is 5.73 Å². The van der Waals surface area contributed by atoms with Gasteiger partial charge in [-0.1, -0.05) is 12.1 Å². The Bertz CT molecular complexity index is 693. The minimum Gasteiger partial charge on any atom is -0.358 e. The summed E-state index contributed by atoms with van der Waals surface area (Å²) >= 11 is 0. The molecule has 0 amide bonds. The lowest BCUT2D eigenvalue weighted by Crippen LogP contribution is -2.05. The first-order valence-electron chi connectivity index (χ1n) is 6.55. The molecule has 0 saturated carbocycles. The largest absolute Gasteiger partial charge is 0.358 e. The molecule has 0 bridgehead atoms. The van der Waals surface area contributed by atoms with Gasteiger partial charge < -0.3 is 10.7 Å². The van der Waals surface area contributed by atoms with Crippen LogP contribution in [0.4, 0.5) is 0 Å². The summed E-state index contributed by atoms with van der Waals surface area (Å²) in [5, 5.41) is 8.39. The molecule has 0 aliphatic carbocycles. The van der Waals surface area contributed by atoms with Gasteiger partial charge in [-0.2, -0.15) is 5.10 Å². The zero-order chi connectivity index (χ0) is 13.2. The number of fused-ring (bicyclic) bond motifs is 1. The summed E-state index contributed by atoms with van der Waals surface area (Å²) in [7, 11) is 0. The van der Waals surface area contributed by atoms with Crippen molar-refractivity contribution in [1.82, 2.24) is 15.2 Å². The molecule has 4 N–H and O–H groups in total. The summed E-state index contributed by atoms with van der Waals surface area (Å²) in [4.78, 5) is 3.47. The number of hydrogen-bond acceptors (Lipinski definition) is 2. The number of aryl methyl sites for hydroxylation is 1. The average molecular weight is 254 g/mol. The molecule has 4 heteroatoms. The molecule has 3 aromatic rings. The van der Waals surface area contributed by atoms with Gasteiger partial charge >= 0.3 is 0 Å². The van der Waals surface area contributed by atoms with Crippen molar-refractivity contribution in [3.63, 3.8) is 0 Å². The molecule has 2 aromatic heterocycles. The Labute approximate surface area is 112 Å². The van der Waals surface area contributed by atoms with E-state index in [0.717, 1.165) is 18.5 Å². The Balaban J connectivity index is 1.90. The molecule has 0 saturated heterocycles. The third-order valence-corrected chi connectivity index (χ3v) is 3.42. The van der Waals surface area contributed by atoms with Crippen LogP contribution in [0.1, 0.15) is 22.5 Å². The molecule has 0 spiro atoms. The quantitative estimate of drug-likeness (QED) is 0.668. The van der Waals surface area contributed by atoms with Crippen molar-refractivity contribution in [1.29, 1.82) is 0 Å². The molecule has 3 rings (SSSR count). The molecular weight excluding hydrogens is 236 g/mol. The van der Waals surface area contributed by atoms with Crippen LogP contribution >= 0.6 is 0 Å². The third-order valence-electron chi connectivity index (χ3n) is 3.42. The van der Waals surface area contributed by atoms with Crippen LogP contribution in [0.25, 0.3) is 10.9 Å². The zero-order valence-electron chi connectivity index (χ0n) is 11.0. The number of benzene rings is 1. The monoisotopic (exact) mass is 254 g/mol. The molecule has 0 unspecified atom stereocenters. The van der Waals surface area contributed by atoms with Crippen molar-refractivity contribution < 1.29 is 0 Å². The number of aromatic nitrogens is 3. The second-order valence-corrected chi connectivity index (χ2v) is 4.97. The second-order valence-electron chi connectivity index (χ2n) is 4.97. The number of aromatic amines is 2. The first kappa shape index (κ1) is 12.0. The van der Waals surface area contributed by atoms with E-state index in [-0.39, 0.29) is 0 Å². The highest BCUT2D eigenvalue weighted by molar-refractivity contribution is 5.81. The van der Waals surface area contributed by atoms with Gasteiger partial charge in [0.2, 0.25) is 0 Å². The van der Waals surface area contributed by atoms with Crippen LogP contribution in [0.5, 0.6) is 0 Å². The molecule has 0 aliphatic heterocycles. The number of nitrogens with one attached hydrogen (secondary N) is 2. The smallest absolute Gasteiger partial charge is 0.0526 e. The molecule has 2 heterocycles. The number of rotatable bonds is 4. The van der Waals surface area contributed by atoms with Crippen LogP contribution in [0.2, 0.25) is 0 Å². The van der Waals surface area contributed by atoms with E-state index >= 15 is 0 Å². The Morgan fingerprint density at radius 1 is 1.26 bits per heavy atom. The summed E-state index contributed by atoms with van der Waals surface area (Å²) in [6.45, 7) is 2.75. The first-order chi connectivity index (χ1) is 9.26. The molecular formula is C15H18N4. The Hall–Kier alpha value is -2.07. The van der Waals surface area contributed by atoms with Gasteiger partial charge in [0.1, 0.15) is 0 Å². The maximum atomic E-state index is 5.60. The van der Waals surface area contributed by atoms with E-state index in [1.54, 1.807) is 0 Å². The van der Waals surface area contributed by atoms with Crippen LogP contribution in [0.15, 0.2) is 30.5 Å². The predicted molar refractivity (Wildman–Crippen MR) is 77.2 cm³/mol. The van der Waals surface area contributed by atoms with Gasteiger partial charge in [-0.3, -0.25) is 5.10 Å². The summed E-state index contributed by atoms with van der Waals surface area (Å²) in [5.41, 5.74) is 11.6. The van der Waals surface area contributed by atoms with Gasteiger partial charge in [-0.15, -0.1) is 0 Å². The minimum absolute atomic E-state index is 0.640.